The Hall–Kier alpha value is -2.86. The topological polar surface area (TPSA) is 104 Å². The zero-order valence-corrected chi connectivity index (χ0v) is 10.3. The van der Waals surface area contributed by atoms with Gasteiger partial charge in [0.25, 0.3) is 0 Å². The Labute approximate surface area is 114 Å². The Morgan fingerprint density at radius 1 is 0.900 bits per heavy atom. The van der Waals surface area contributed by atoms with E-state index in [1.54, 1.807) is 42.5 Å². The van der Waals surface area contributed by atoms with Gasteiger partial charge in [-0.15, -0.1) is 0 Å². The molecule has 2 aromatic carbocycles. The highest BCUT2D eigenvalue weighted by Crippen LogP contribution is 2.14. The van der Waals surface area contributed by atoms with E-state index < -0.39 is 11.9 Å². The number of aromatic hydroxyl groups is 1. The summed E-state index contributed by atoms with van der Waals surface area (Å²) in [4.78, 5) is 24.3. The van der Waals surface area contributed by atoms with Crippen molar-refractivity contribution < 1.29 is 29.9 Å². The van der Waals surface area contributed by atoms with Gasteiger partial charge >= 0.3 is 11.9 Å². The summed E-state index contributed by atoms with van der Waals surface area (Å²) >= 11 is 0. The molecule has 3 N–H and O–H groups in total. The van der Waals surface area contributed by atoms with Crippen molar-refractivity contribution in [1.29, 1.82) is 0 Å². The summed E-state index contributed by atoms with van der Waals surface area (Å²) in [5.41, 5.74) is 0.271. The standard InChI is InChI=1S/2C7H6O3/c8-7(10-9)6-4-2-1-3-5-6;8-6-4-2-1-3-5(6)7(9)10/h1-5,9H;1-4,8H,(H,9,10). The number of hydrogen-bond donors (Lipinski definition) is 3. The molecule has 0 heterocycles. The molecule has 0 atom stereocenters. The molecule has 0 radical (unpaired) electrons. The maximum absolute atomic E-state index is 10.5. The van der Waals surface area contributed by atoms with Gasteiger partial charge in [0, 0.05) is 0 Å². The minimum Gasteiger partial charge on any atom is -0.507 e. The molecule has 0 unspecified atom stereocenters. The van der Waals surface area contributed by atoms with E-state index in [0.29, 0.717) is 5.56 Å². The summed E-state index contributed by atoms with van der Waals surface area (Å²) in [6.07, 6.45) is 0. The van der Waals surface area contributed by atoms with E-state index in [9.17, 15) is 9.59 Å². The Bertz CT molecular complexity index is 579. The SMILES string of the molecule is O=C(O)c1ccccc1O.O=C(OO)c1ccccc1. The molecular weight excluding hydrogens is 264 g/mol. The van der Waals surface area contributed by atoms with Crippen LogP contribution in [0.3, 0.4) is 0 Å². The molecule has 2 aromatic rings. The lowest BCUT2D eigenvalue weighted by Crippen LogP contribution is -2.00. The van der Waals surface area contributed by atoms with Crippen molar-refractivity contribution in [3.05, 3.63) is 65.7 Å². The van der Waals surface area contributed by atoms with Crippen molar-refractivity contribution in [2.24, 2.45) is 0 Å². The van der Waals surface area contributed by atoms with Gasteiger partial charge in [0.15, 0.2) is 0 Å². The van der Waals surface area contributed by atoms with Crippen molar-refractivity contribution in [2.45, 2.75) is 0 Å². The fourth-order valence-corrected chi connectivity index (χ4v) is 1.28. The Morgan fingerprint density at radius 2 is 1.45 bits per heavy atom. The first kappa shape index (κ1) is 15.2. The van der Waals surface area contributed by atoms with Crippen molar-refractivity contribution in [3.63, 3.8) is 0 Å². The molecule has 0 spiro atoms. The lowest BCUT2D eigenvalue weighted by atomic mass is 10.2. The van der Waals surface area contributed by atoms with Gasteiger partial charge in [-0.3, -0.25) is 4.89 Å². The zero-order chi connectivity index (χ0) is 15.0. The highest BCUT2D eigenvalue weighted by Gasteiger charge is 2.05. The predicted octanol–water partition coefficient (Wildman–Crippen LogP) is 2.41. The summed E-state index contributed by atoms with van der Waals surface area (Å²) in [7, 11) is 0. The van der Waals surface area contributed by atoms with E-state index >= 15 is 0 Å². The molecule has 0 saturated heterocycles. The van der Waals surface area contributed by atoms with Crippen LogP contribution >= 0.6 is 0 Å². The predicted molar refractivity (Wildman–Crippen MR) is 69.6 cm³/mol. The van der Waals surface area contributed by atoms with Crippen LogP contribution in [-0.4, -0.2) is 27.4 Å². The third-order valence-corrected chi connectivity index (χ3v) is 2.23. The lowest BCUT2D eigenvalue weighted by molar-refractivity contribution is -0.182. The molecule has 6 heteroatoms. The maximum atomic E-state index is 10.5. The van der Waals surface area contributed by atoms with Crippen LogP contribution in [0.4, 0.5) is 0 Å². The number of carboxylic acid groups (broad SMARTS) is 1. The number of carbonyl (C=O) groups excluding carboxylic acids is 1. The van der Waals surface area contributed by atoms with Crippen LogP contribution in [0.2, 0.25) is 0 Å². The molecule has 0 aliphatic heterocycles. The highest BCUT2D eigenvalue weighted by molar-refractivity contribution is 5.90. The molecule has 104 valence electrons. The third kappa shape index (κ3) is 4.43. The van der Waals surface area contributed by atoms with Gasteiger partial charge in [-0.25, -0.2) is 9.59 Å². The van der Waals surface area contributed by atoms with E-state index in [-0.39, 0.29) is 11.3 Å². The van der Waals surface area contributed by atoms with Crippen molar-refractivity contribution in [2.75, 3.05) is 0 Å². The molecule has 0 bridgehead atoms. The number of aromatic carboxylic acids is 1. The lowest BCUT2D eigenvalue weighted by Gasteiger charge is -1.95. The second kappa shape index (κ2) is 7.55. The van der Waals surface area contributed by atoms with Gasteiger partial charge in [-0.05, 0) is 24.3 Å². The van der Waals surface area contributed by atoms with E-state index in [4.69, 9.17) is 15.5 Å². The Kier molecular flexibility index (Phi) is 5.74. The number of carboxylic acids is 1. The Balaban J connectivity index is 0.000000200. The quantitative estimate of drug-likeness (QED) is 0.574. The molecule has 0 aliphatic carbocycles. The van der Waals surface area contributed by atoms with Crippen molar-refractivity contribution in [1.82, 2.24) is 0 Å². The molecule has 0 aromatic heterocycles. The van der Waals surface area contributed by atoms with Gasteiger partial charge in [0.05, 0.1) is 5.56 Å². The first-order valence-electron chi connectivity index (χ1n) is 5.48. The first-order chi connectivity index (χ1) is 9.56. The molecule has 20 heavy (non-hydrogen) atoms. The number of para-hydroxylation sites is 1. The van der Waals surface area contributed by atoms with Crippen LogP contribution in [0.25, 0.3) is 0 Å². The number of carbonyl (C=O) groups is 2. The number of benzene rings is 2. The van der Waals surface area contributed by atoms with Crippen LogP contribution in [0, 0.1) is 0 Å². The summed E-state index contributed by atoms with van der Waals surface area (Å²) in [5, 5.41) is 25.2. The average molecular weight is 276 g/mol. The number of hydrogen-bond acceptors (Lipinski definition) is 5. The minimum atomic E-state index is -1.11. The van der Waals surface area contributed by atoms with Crippen LogP contribution in [0.15, 0.2) is 54.6 Å². The smallest absolute Gasteiger partial charge is 0.372 e. The van der Waals surface area contributed by atoms with Gasteiger partial charge in [0.1, 0.15) is 11.3 Å². The average Bonchev–Trinajstić information content (AvgIpc) is 2.48. The van der Waals surface area contributed by atoms with Crippen LogP contribution in [0.1, 0.15) is 20.7 Å². The molecular formula is C14H12O6. The molecule has 0 saturated carbocycles. The fourth-order valence-electron chi connectivity index (χ4n) is 1.28. The van der Waals surface area contributed by atoms with Gasteiger partial charge in [0.2, 0.25) is 0 Å². The number of rotatable bonds is 2. The largest absolute Gasteiger partial charge is 0.507 e. The molecule has 6 nitrogen and oxygen atoms in total. The van der Waals surface area contributed by atoms with Crippen molar-refractivity contribution >= 4 is 11.9 Å². The summed E-state index contributed by atoms with van der Waals surface area (Å²) in [6, 6.07) is 14.1. The normalized spacial score (nSPS) is 9.05. The monoisotopic (exact) mass is 276 g/mol. The van der Waals surface area contributed by atoms with E-state index in [2.05, 4.69) is 4.89 Å². The maximum Gasteiger partial charge on any atom is 0.372 e. The van der Waals surface area contributed by atoms with Gasteiger partial charge in [-0.2, -0.15) is 5.26 Å². The van der Waals surface area contributed by atoms with Crippen LogP contribution in [0.5, 0.6) is 5.75 Å². The molecule has 0 fully saturated rings. The van der Waals surface area contributed by atoms with Gasteiger partial charge < -0.3 is 10.2 Å². The third-order valence-electron chi connectivity index (χ3n) is 2.23. The highest BCUT2D eigenvalue weighted by atomic mass is 17.1. The van der Waals surface area contributed by atoms with E-state index in [1.165, 1.54) is 12.1 Å². The van der Waals surface area contributed by atoms with E-state index in [0.717, 1.165) is 0 Å². The minimum absolute atomic E-state index is 0.0671. The second-order valence-electron chi connectivity index (χ2n) is 3.57. The van der Waals surface area contributed by atoms with Crippen molar-refractivity contribution in [3.8, 4) is 5.75 Å². The second-order valence-corrected chi connectivity index (χ2v) is 3.57. The van der Waals surface area contributed by atoms with E-state index in [1.807, 2.05) is 0 Å². The van der Waals surface area contributed by atoms with Crippen LogP contribution in [-0.2, 0) is 4.89 Å². The van der Waals surface area contributed by atoms with Crippen LogP contribution < -0.4 is 0 Å². The summed E-state index contributed by atoms with van der Waals surface area (Å²) in [6.45, 7) is 0. The Morgan fingerprint density at radius 3 is 1.90 bits per heavy atom. The molecule has 0 aliphatic rings. The summed E-state index contributed by atoms with van der Waals surface area (Å²) < 4.78 is 0. The molecule has 0 amide bonds. The van der Waals surface area contributed by atoms with Gasteiger partial charge in [-0.1, -0.05) is 30.3 Å². The first-order valence-corrected chi connectivity index (χ1v) is 5.48. The zero-order valence-electron chi connectivity index (χ0n) is 10.3. The summed E-state index contributed by atoms with van der Waals surface area (Å²) in [5.74, 6) is -2.05. The fraction of sp³-hybridized carbons (Fsp3) is 0. The number of phenols is 1. The molecule has 2 rings (SSSR count).